The monoisotopic (exact) mass is 416 g/mol. The summed E-state index contributed by atoms with van der Waals surface area (Å²) in [6.45, 7) is 0.498. The zero-order valence-corrected chi connectivity index (χ0v) is 16.0. The number of hydrogen-bond donors (Lipinski definition) is 1. The average molecular weight is 418 g/mol. The first-order valence-electron chi connectivity index (χ1n) is 7.00. The van der Waals surface area contributed by atoms with Crippen molar-refractivity contribution in [2.24, 2.45) is 0 Å². The van der Waals surface area contributed by atoms with Crippen LogP contribution in [0, 0.1) is 0 Å². The lowest BCUT2D eigenvalue weighted by Crippen LogP contribution is -2.36. The molecule has 4 nitrogen and oxygen atoms in total. The first kappa shape index (κ1) is 18.3. The number of thiophene rings is 1. The number of hydrogen-bond acceptors (Lipinski definition) is 4. The molecule has 1 aromatic carbocycles. The van der Waals surface area contributed by atoms with Crippen LogP contribution in [0.1, 0.15) is 11.6 Å². The highest BCUT2D eigenvalue weighted by Gasteiger charge is 2.16. The molecule has 0 bridgehead atoms. The van der Waals surface area contributed by atoms with Crippen LogP contribution in [-0.4, -0.2) is 38.1 Å². The van der Waals surface area contributed by atoms with E-state index in [1.807, 2.05) is 19.5 Å². The summed E-state index contributed by atoms with van der Waals surface area (Å²) < 4.78 is 6.23. The van der Waals surface area contributed by atoms with Crippen molar-refractivity contribution in [2.45, 2.75) is 6.04 Å². The van der Waals surface area contributed by atoms with Crippen molar-refractivity contribution in [3.63, 3.8) is 0 Å². The number of likely N-dealkylation sites (N-methyl/N-ethyl adjacent to an activating group) is 1. The van der Waals surface area contributed by atoms with Crippen LogP contribution >= 0.6 is 38.9 Å². The van der Waals surface area contributed by atoms with E-state index in [2.05, 4.69) is 37.6 Å². The van der Waals surface area contributed by atoms with Gasteiger partial charge in [0.2, 0.25) is 0 Å². The van der Waals surface area contributed by atoms with Crippen molar-refractivity contribution >= 4 is 44.8 Å². The molecule has 0 aliphatic heterocycles. The Labute approximate surface area is 153 Å². The van der Waals surface area contributed by atoms with E-state index in [1.165, 1.54) is 5.56 Å². The normalized spacial score (nSPS) is 12.2. The third-order valence-electron chi connectivity index (χ3n) is 3.30. The van der Waals surface area contributed by atoms with Gasteiger partial charge in [0.1, 0.15) is 5.75 Å². The van der Waals surface area contributed by atoms with Gasteiger partial charge in [0.15, 0.2) is 6.61 Å². The Kier molecular flexibility index (Phi) is 6.89. The highest BCUT2D eigenvalue weighted by atomic mass is 79.9. The maximum absolute atomic E-state index is 12.0. The zero-order chi connectivity index (χ0) is 16.8. The third-order valence-corrected chi connectivity index (χ3v) is 4.85. The van der Waals surface area contributed by atoms with Crippen LogP contribution in [0.25, 0.3) is 0 Å². The lowest BCUT2D eigenvalue weighted by molar-refractivity contribution is -0.123. The summed E-state index contributed by atoms with van der Waals surface area (Å²) in [4.78, 5) is 14.1. The van der Waals surface area contributed by atoms with Gasteiger partial charge in [-0.1, -0.05) is 11.6 Å². The molecule has 124 valence electrons. The number of carbonyl (C=O) groups is 1. The molecule has 1 atom stereocenters. The van der Waals surface area contributed by atoms with Crippen molar-refractivity contribution in [3.8, 4) is 5.75 Å². The lowest BCUT2D eigenvalue weighted by atomic mass is 10.1. The molecule has 0 radical (unpaired) electrons. The van der Waals surface area contributed by atoms with Crippen molar-refractivity contribution in [1.29, 1.82) is 0 Å². The van der Waals surface area contributed by atoms with Crippen LogP contribution < -0.4 is 10.1 Å². The lowest BCUT2D eigenvalue weighted by Gasteiger charge is -2.24. The molecule has 1 amide bonds. The Morgan fingerprint density at radius 1 is 1.43 bits per heavy atom. The summed E-state index contributed by atoms with van der Waals surface area (Å²) in [5.74, 6) is 0.431. The molecule has 0 saturated carbocycles. The van der Waals surface area contributed by atoms with Gasteiger partial charge in [0.25, 0.3) is 5.91 Å². The summed E-state index contributed by atoms with van der Waals surface area (Å²) >= 11 is 10.9. The molecule has 1 aromatic heterocycles. The van der Waals surface area contributed by atoms with E-state index in [0.717, 1.165) is 4.47 Å². The number of amides is 1. The SMILES string of the molecule is CN(C)C(CNC(=O)COc1ccc(Cl)cc1Br)c1ccsc1. The molecular formula is C16H18BrClN2O2S. The summed E-state index contributed by atoms with van der Waals surface area (Å²) in [5, 5.41) is 7.65. The van der Waals surface area contributed by atoms with Crippen LogP contribution in [0.15, 0.2) is 39.5 Å². The predicted octanol–water partition coefficient (Wildman–Crippen LogP) is 3.96. The first-order chi connectivity index (χ1) is 11.0. The minimum absolute atomic E-state index is 0.0377. The van der Waals surface area contributed by atoms with E-state index in [4.69, 9.17) is 16.3 Å². The molecule has 0 spiro atoms. The van der Waals surface area contributed by atoms with E-state index >= 15 is 0 Å². The number of benzene rings is 1. The second-order valence-corrected chi connectivity index (χ2v) is 7.27. The fraction of sp³-hybridized carbons (Fsp3) is 0.312. The number of nitrogens with zero attached hydrogens (tertiary/aromatic N) is 1. The quantitative estimate of drug-likeness (QED) is 0.741. The smallest absolute Gasteiger partial charge is 0.258 e. The largest absolute Gasteiger partial charge is 0.483 e. The summed E-state index contributed by atoms with van der Waals surface area (Å²) in [6.07, 6.45) is 0. The van der Waals surface area contributed by atoms with Gasteiger partial charge >= 0.3 is 0 Å². The molecule has 0 aliphatic carbocycles. The summed E-state index contributed by atoms with van der Waals surface area (Å²) in [5.41, 5.74) is 1.20. The Hall–Kier alpha value is -1.08. The molecule has 1 N–H and O–H groups in total. The second kappa shape index (κ2) is 8.68. The van der Waals surface area contributed by atoms with Crippen LogP contribution in [0.4, 0.5) is 0 Å². The van der Waals surface area contributed by atoms with Crippen molar-refractivity contribution in [3.05, 3.63) is 50.1 Å². The molecule has 23 heavy (non-hydrogen) atoms. The van der Waals surface area contributed by atoms with Crippen LogP contribution in [-0.2, 0) is 4.79 Å². The van der Waals surface area contributed by atoms with Gasteiger partial charge in [0.05, 0.1) is 10.5 Å². The number of carbonyl (C=O) groups excluding carboxylic acids is 1. The number of rotatable bonds is 7. The van der Waals surface area contributed by atoms with E-state index in [1.54, 1.807) is 29.5 Å². The fourth-order valence-corrected chi connectivity index (χ4v) is 3.56. The molecular weight excluding hydrogens is 400 g/mol. The van der Waals surface area contributed by atoms with E-state index in [0.29, 0.717) is 17.3 Å². The molecule has 0 saturated heterocycles. The Balaban J connectivity index is 1.84. The molecule has 2 aromatic rings. The van der Waals surface area contributed by atoms with Gasteiger partial charge in [-0.3, -0.25) is 4.79 Å². The van der Waals surface area contributed by atoms with Gasteiger partial charge in [-0.05, 0) is 70.6 Å². The van der Waals surface area contributed by atoms with Crippen LogP contribution in [0.5, 0.6) is 5.75 Å². The number of nitrogens with one attached hydrogen (secondary N) is 1. The molecule has 1 unspecified atom stereocenters. The van der Waals surface area contributed by atoms with Gasteiger partial charge in [-0.25, -0.2) is 0 Å². The Morgan fingerprint density at radius 3 is 2.83 bits per heavy atom. The van der Waals surface area contributed by atoms with Crippen molar-refractivity contribution < 1.29 is 9.53 Å². The van der Waals surface area contributed by atoms with E-state index in [-0.39, 0.29) is 18.6 Å². The number of halogens is 2. The minimum atomic E-state index is -0.158. The van der Waals surface area contributed by atoms with Crippen molar-refractivity contribution in [1.82, 2.24) is 10.2 Å². The maximum atomic E-state index is 12.0. The van der Waals surface area contributed by atoms with Crippen LogP contribution in [0.2, 0.25) is 5.02 Å². The minimum Gasteiger partial charge on any atom is -0.483 e. The van der Waals surface area contributed by atoms with Gasteiger partial charge in [-0.15, -0.1) is 0 Å². The average Bonchev–Trinajstić information content (AvgIpc) is 3.00. The zero-order valence-electron chi connectivity index (χ0n) is 12.9. The molecule has 2 rings (SSSR count). The first-order valence-corrected chi connectivity index (χ1v) is 9.12. The summed E-state index contributed by atoms with van der Waals surface area (Å²) in [7, 11) is 3.99. The Morgan fingerprint density at radius 2 is 2.22 bits per heavy atom. The highest BCUT2D eigenvalue weighted by Crippen LogP contribution is 2.27. The van der Waals surface area contributed by atoms with Gasteiger partial charge < -0.3 is 15.0 Å². The molecule has 7 heteroatoms. The standard InChI is InChI=1S/C16H18BrClN2O2S/c1-20(2)14(11-5-6-23-10-11)8-19-16(21)9-22-15-4-3-12(18)7-13(15)17/h3-7,10,14H,8-9H2,1-2H3,(H,19,21). The molecule has 0 fully saturated rings. The van der Waals surface area contributed by atoms with E-state index in [9.17, 15) is 4.79 Å². The van der Waals surface area contributed by atoms with Gasteiger partial charge in [-0.2, -0.15) is 11.3 Å². The third kappa shape index (κ3) is 5.49. The number of ether oxygens (including phenoxy) is 1. The Bertz CT molecular complexity index is 650. The molecule has 0 aliphatic rings. The van der Waals surface area contributed by atoms with Crippen molar-refractivity contribution in [2.75, 3.05) is 27.2 Å². The van der Waals surface area contributed by atoms with E-state index < -0.39 is 0 Å². The van der Waals surface area contributed by atoms with Crippen LogP contribution in [0.3, 0.4) is 0 Å². The molecule has 1 heterocycles. The maximum Gasteiger partial charge on any atom is 0.258 e. The topological polar surface area (TPSA) is 41.6 Å². The predicted molar refractivity (Wildman–Crippen MR) is 98.4 cm³/mol. The van der Waals surface area contributed by atoms with Gasteiger partial charge in [0, 0.05) is 11.6 Å². The highest BCUT2D eigenvalue weighted by molar-refractivity contribution is 9.10. The second-order valence-electron chi connectivity index (χ2n) is 5.20. The fourth-order valence-electron chi connectivity index (χ4n) is 2.06. The summed E-state index contributed by atoms with van der Waals surface area (Å²) in [6, 6.07) is 7.40.